The second-order valence-electron chi connectivity index (χ2n) is 4.98. The van der Waals surface area contributed by atoms with Crippen LogP contribution in [0, 0.1) is 5.92 Å². The summed E-state index contributed by atoms with van der Waals surface area (Å²) in [6.07, 6.45) is 3.75. The molecule has 2 unspecified atom stereocenters. The zero-order chi connectivity index (χ0) is 12.7. The Morgan fingerprint density at radius 1 is 1.35 bits per heavy atom. The molecule has 0 aromatic rings. The fraction of sp³-hybridized carbons (Fsp3) is 1.00. The molecule has 0 radical (unpaired) electrons. The molecule has 4 heteroatoms. The van der Waals surface area contributed by atoms with E-state index in [4.69, 9.17) is 10.6 Å². The molecular weight excluding hydrogens is 214 g/mol. The minimum absolute atomic E-state index is 0.241. The fourth-order valence-electron chi connectivity index (χ4n) is 2.81. The van der Waals surface area contributed by atoms with Gasteiger partial charge in [-0.15, -0.1) is 0 Å². The predicted octanol–water partition coefficient (Wildman–Crippen LogP) is 1.37. The van der Waals surface area contributed by atoms with Gasteiger partial charge in [0, 0.05) is 13.1 Å². The van der Waals surface area contributed by atoms with Crippen LogP contribution in [0.2, 0.25) is 0 Å². The normalized spacial score (nSPS) is 24.2. The van der Waals surface area contributed by atoms with E-state index in [0.717, 1.165) is 32.5 Å². The van der Waals surface area contributed by atoms with Crippen molar-refractivity contribution < 1.29 is 4.74 Å². The van der Waals surface area contributed by atoms with Crippen LogP contribution in [0.4, 0.5) is 0 Å². The molecule has 1 rings (SSSR count). The molecule has 0 aromatic heterocycles. The maximum atomic E-state index is 5.91. The molecule has 0 aliphatic carbocycles. The maximum absolute atomic E-state index is 5.91. The number of morpholine rings is 1. The number of rotatable bonds is 7. The van der Waals surface area contributed by atoms with E-state index in [9.17, 15) is 0 Å². The molecule has 1 aliphatic heterocycles. The Morgan fingerprint density at radius 2 is 2.06 bits per heavy atom. The van der Waals surface area contributed by atoms with E-state index < -0.39 is 0 Å². The molecule has 0 amide bonds. The van der Waals surface area contributed by atoms with Crippen LogP contribution in [0.5, 0.6) is 0 Å². The van der Waals surface area contributed by atoms with Gasteiger partial charge in [-0.2, -0.15) is 0 Å². The molecule has 1 heterocycles. The lowest BCUT2D eigenvalue weighted by molar-refractivity contribution is -0.0571. The average molecular weight is 243 g/mol. The molecule has 1 saturated heterocycles. The third kappa shape index (κ3) is 4.21. The largest absolute Gasteiger partial charge is 0.374 e. The van der Waals surface area contributed by atoms with Crippen molar-refractivity contribution in [2.24, 2.45) is 11.8 Å². The molecule has 4 nitrogen and oxygen atoms in total. The highest BCUT2D eigenvalue weighted by Gasteiger charge is 2.31. The van der Waals surface area contributed by atoms with Gasteiger partial charge in [0.1, 0.15) is 0 Å². The summed E-state index contributed by atoms with van der Waals surface area (Å²) in [6.45, 7) is 10.8. The van der Waals surface area contributed by atoms with Crippen molar-refractivity contribution in [1.82, 2.24) is 10.3 Å². The Hall–Kier alpha value is -0.160. The van der Waals surface area contributed by atoms with Gasteiger partial charge in [0.15, 0.2) is 0 Å². The van der Waals surface area contributed by atoms with Gasteiger partial charge in [0.25, 0.3) is 0 Å². The number of hydrogen-bond acceptors (Lipinski definition) is 4. The van der Waals surface area contributed by atoms with Crippen molar-refractivity contribution in [3.8, 4) is 0 Å². The third-order valence-corrected chi connectivity index (χ3v) is 3.87. The average Bonchev–Trinajstić information content (AvgIpc) is 2.36. The number of nitrogens with zero attached hydrogens (tertiary/aromatic N) is 1. The summed E-state index contributed by atoms with van der Waals surface area (Å²) >= 11 is 0. The van der Waals surface area contributed by atoms with E-state index in [2.05, 4.69) is 31.1 Å². The van der Waals surface area contributed by atoms with Gasteiger partial charge in [0.2, 0.25) is 0 Å². The van der Waals surface area contributed by atoms with Crippen molar-refractivity contribution in [3.05, 3.63) is 0 Å². The summed E-state index contributed by atoms with van der Waals surface area (Å²) in [7, 11) is 0. The van der Waals surface area contributed by atoms with Gasteiger partial charge < -0.3 is 4.74 Å². The molecule has 3 N–H and O–H groups in total. The molecule has 2 atom stereocenters. The summed E-state index contributed by atoms with van der Waals surface area (Å²) in [6, 6.07) is 0.282. The third-order valence-electron chi connectivity index (χ3n) is 3.87. The lowest BCUT2D eigenvalue weighted by Crippen LogP contribution is -2.56. The minimum atomic E-state index is 0.241. The summed E-state index contributed by atoms with van der Waals surface area (Å²) < 4.78 is 5.91. The first-order chi connectivity index (χ1) is 8.26. The second-order valence-corrected chi connectivity index (χ2v) is 4.98. The smallest absolute Gasteiger partial charge is 0.0871 e. The van der Waals surface area contributed by atoms with Gasteiger partial charge >= 0.3 is 0 Å². The Labute approximate surface area is 106 Å². The van der Waals surface area contributed by atoms with Crippen LogP contribution >= 0.6 is 0 Å². The zero-order valence-corrected chi connectivity index (χ0v) is 11.6. The zero-order valence-electron chi connectivity index (χ0n) is 11.6. The Kier molecular flexibility index (Phi) is 7.04. The summed E-state index contributed by atoms with van der Waals surface area (Å²) in [4.78, 5) is 2.49. The maximum Gasteiger partial charge on any atom is 0.0871 e. The Bertz CT molecular complexity index is 195. The molecule has 0 aromatic carbocycles. The highest BCUT2D eigenvalue weighted by molar-refractivity contribution is 4.85. The van der Waals surface area contributed by atoms with Crippen LogP contribution < -0.4 is 11.3 Å². The molecule has 0 bridgehead atoms. The molecule has 0 saturated carbocycles. The van der Waals surface area contributed by atoms with Gasteiger partial charge in [-0.3, -0.25) is 16.2 Å². The molecule has 1 aliphatic rings. The van der Waals surface area contributed by atoms with Gasteiger partial charge in [-0.25, -0.2) is 0 Å². The van der Waals surface area contributed by atoms with Crippen molar-refractivity contribution >= 4 is 0 Å². The quantitative estimate of drug-likeness (QED) is 0.524. The topological polar surface area (TPSA) is 50.5 Å². The van der Waals surface area contributed by atoms with E-state index in [1.165, 1.54) is 13.0 Å². The predicted molar refractivity (Wildman–Crippen MR) is 71.7 cm³/mol. The number of nitrogens with one attached hydrogen (secondary N) is 1. The van der Waals surface area contributed by atoms with Crippen LogP contribution in [0.25, 0.3) is 0 Å². The number of hydrazine groups is 1. The van der Waals surface area contributed by atoms with Gasteiger partial charge in [0.05, 0.1) is 18.8 Å². The van der Waals surface area contributed by atoms with E-state index in [0.29, 0.717) is 5.92 Å². The highest BCUT2D eigenvalue weighted by Crippen LogP contribution is 2.20. The lowest BCUT2D eigenvalue weighted by Gasteiger charge is -2.39. The number of nitrogens with two attached hydrogens (primary N) is 1. The van der Waals surface area contributed by atoms with Gasteiger partial charge in [-0.05, 0) is 18.9 Å². The Morgan fingerprint density at radius 3 is 2.59 bits per heavy atom. The second kappa shape index (κ2) is 8.03. The number of hydrogen-bond donors (Lipinski definition) is 2. The molecule has 17 heavy (non-hydrogen) atoms. The first-order valence-corrected chi connectivity index (χ1v) is 7.06. The van der Waals surface area contributed by atoms with Crippen molar-refractivity contribution in [1.29, 1.82) is 0 Å². The van der Waals surface area contributed by atoms with Crippen LogP contribution in [-0.4, -0.2) is 43.3 Å². The first-order valence-electron chi connectivity index (χ1n) is 7.06. The van der Waals surface area contributed by atoms with Crippen molar-refractivity contribution in [2.45, 2.75) is 52.2 Å². The standard InChI is InChI=1S/C13H29N3O/c1-4-7-16-8-9-17-12(10-16)13(15-14)11(5-2)6-3/h11-13,15H,4-10,14H2,1-3H3. The molecule has 0 spiro atoms. The monoisotopic (exact) mass is 243 g/mol. The first kappa shape index (κ1) is 14.9. The highest BCUT2D eigenvalue weighted by atomic mass is 16.5. The number of ether oxygens (including phenoxy) is 1. The lowest BCUT2D eigenvalue weighted by atomic mass is 9.90. The molecule has 1 fully saturated rings. The SMILES string of the molecule is CCCN1CCOC(C(NN)C(CC)CC)C1. The van der Waals surface area contributed by atoms with E-state index in [1.54, 1.807) is 0 Å². The van der Waals surface area contributed by atoms with Crippen LogP contribution in [-0.2, 0) is 4.74 Å². The summed E-state index contributed by atoms with van der Waals surface area (Å²) in [5, 5.41) is 0. The van der Waals surface area contributed by atoms with Gasteiger partial charge in [-0.1, -0.05) is 33.6 Å². The molecule has 102 valence electrons. The summed E-state index contributed by atoms with van der Waals surface area (Å²) in [5.41, 5.74) is 2.98. The van der Waals surface area contributed by atoms with Crippen molar-refractivity contribution in [3.63, 3.8) is 0 Å². The van der Waals surface area contributed by atoms with E-state index in [-0.39, 0.29) is 12.1 Å². The Balaban J connectivity index is 2.55. The van der Waals surface area contributed by atoms with E-state index >= 15 is 0 Å². The summed E-state index contributed by atoms with van der Waals surface area (Å²) in [5.74, 6) is 6.33. The molecular formula is C13H29N3O. The van der Waals surface area contributed by atoms with Crippen molar-refractivity contribution in [2.75, 3.05) is 26.2 Å². The van der Waals surface area contributed by atoms with Crippen LogP contribution in [0.3, 0.4) is 0 Å². The fourth-order valence-corrected chi connectivity index (χ4v) is 2.81. The minimum Gasteiger partial charge on any atom is -0.374 e. The van der Waals surface area contributed by atoms with Crippen LogP contribution in [0.15, 0.2) is 0 Å². The van der Waals surface area contributed by atoms with Crippen LogP contribution in [0.1, 0.15) is 40.0 Å². The van der Waals surface area contributed by atoms with E-state index in [1.807, 2.05) is 0 Å².